The van der Waals surface area contributed by atoms with Crippen LogP contribution in [0.25, 0.3) is 0 Å². The van der Waals surface area contributed by atoms with Crippen molar-refractivity contribution >= 4 is 5.82 Å². The van der Waals surface area contributed by atoms with Crippen molar-refractivity contribution in [1.82, 2.24) is 19.5 Å². The number of nitrogens with zero attached hydrogens (tertiary/aromatic N) is 4. The molecule has 2 aliphatic carbocycles. The molecule has 0 spiro atoms. The van der Waals surface area contributed by atoms with Gasteiger partial charge in [-0.15, -0.1) is 0 Å². The van der Waals surface area contributed by atoms with Crippen molar-refractivity contribution in [3.63, 3.8) is 0 Å². The number of nitrogens with one attached hydrogen (secondary N) is 1. The van der Waals surface area contributed by atoms with E-state index in [0.29, 0.717) is 17.9 Å². The van der Waals surface area contributed by atoms with Crippen molar-refractivity contribution in [3.8, 4) is 0 Å². The van der Waals surface area contributed by atoms with E-state index in [1.165, 1.54) is 18.5 Å². The number of rotatable bonds is 6. The lowest BCUT2D eigenvalue weighted by Crippen LogP contribution is -2.35. The number of nitrogens with two attached hydrogens (primary N) is 1. The SMILES string of the molecule is NC1CC(c2cc(NCCn3ccnc3)nc(C3CC3)n2)C1. The van der Waals surface area contributed by atoms with Crippen molar-refractivity contribution in [2.45, 2.75) is 50.1 Å². The Morgan fingerprint density at radius 2 is 2.09 bits per heavy atom. The van der Waals surface area contributed by atoms with E-state index in [4.69, 9.17) is 15.7 Å². The molecule has 2 heterocycles. The summed E-state index contributed by atoms with van der Waals surface area (Å²) in [5.41, 5.74) is 7.09. The van der Waals surface area contributed by atoms with Gasteiger partial charge in [0.1, 0.15) is 11.6 Å². The van der Waals surface area contributed by atoms with E-state index in [0.717, 1.165) is 37.6 Å². The van der Waals surface area contributed by atoms with Crippen molar-refractivity contribution in [2.24, 2.45) is 5.73 Å². The third-order valence-electron chi connectivity index (χ3n) is 4.53. The van der Waals surface area contributed by atoms with Crippen molar-refractivity contribution < 1.29 is 0 Å². The second-order valence-electron chi connectivity index (χ2n) is 6.47. The average molecular weight is 298 g/mol. The molecule has 0 atom stereocenters. The number of aromatic nitrogens is 4. The Morgan fingerprint density at radius 3 is 2.77 bits per heavy atom. The Morgan fingerprint density at radius 1 is 1.23 bits per heavy atom. The van der Waals surface area contributed by atoms with Crippen LogP contribution in [0.4, 0.5) is 5.82 Å². The zero-order chi connectivity index (χ0) is 14.9. The van der Waals surface area contributed by atoms with Crippen molar-refractivity contribution in [2.75, 3.05) is 11.9 Å². The molecule has 0 amide bonds. The Hall–Kier alpha value is -1.95. The Balaban J connectivity index is 1.45. The molecule has 2 aromatic heterocycles. The van der Waals surface area contributed by atoms with Gasteiger partial charge in [-0.2, -0.15) is 0 Å². The minimum absolute atomic E-state index is 0.349. The Labute approximate surface area is 130 Å². The molecule has 3 N–H and O–H groups in total. The summed E-state index contributed by atoms with van der Waals surface area (Å²) in [6.07, 6.45) is 10.2. The molecule has 4 rings (SSSR count). The predicted octanol–water partition coefficient (Wildman–Crippen LogP) is 1.87. The molecule has 0 unspecified atom stereocenters. The summed E-state index contributed by atoms with van der Waals surface area (Å²) in [4.78, 5) is 13.5. The Bertz CT molecular complexity index is 628. The fourth-order valence-electron chi connectivity index (χ4n) is 2.94. The third kappa shape index (κ3) is 2.97. The smallest absolute Gasteiger partial charge is 0.134 e. The van der Waals surface area contributed by atoms with Crippen LogP contribution < -0.4 is 11.1 Å². The molecule has 116 valence electrons. The first-order valence-electron chi connectivity index (χ1n) is 8.12. The van der Waals surface area contributed by atoms with Crippen LogP contribution in [0.2, 0.25) is 0 Å². The molecule has 2 aromatic rings. The van der Waals surface area contributed by atoms with Crippen LogP contribution >= 0.6 is 0 Å². The van der Waals surface area contributed by atoms with E-state index < -0.39 is 0 Å². The number of imidazole rings is 1. The zero-order valence-electron chi connectivity index (χ0n) is 12.7. The molecular weight excluding hydrogens is 276 g/mol. The largest absolute Gasteiger partial charge is 0.368 e. The molecular formula is C16H22N6. The van der Waals surface area contributed by atoms with Gasteiger partial charge in [0.05, 0.1) is 6.33 Å². The molecule has 6 nitrogen and oxygen atoms in total. The molecule has 0 saturated heterocycles. The second-order valence-corrected chi connectivity index (χ2v) is 6.47. The van der Waals surface area contributed by atoms with E-state index in [2.05, 4.69) is 20.9 Å². The molecule has 0 aliphatic heterocycles. The van der Waals surface area contributed by atoms with Crippen LogP contribution in [0.15, 0.2) is 24.8 Å². The molecule has 22 heavy (non-hydrogen) atoms. The zero-order valence-corrected chi connectivity index (χ0v) is 12.7. The second kappa shape index (κ2) is 5.68. The predicted molar refractivity (Wildman–Crippen MR) is 84.7 cm³/mol. The average Bonchev–Trinajstić information content (AvgIpc) is 3.22. The van der Waals surface area contributed by atoms with Crippen LogP contribution in [-0.2, 0) is 6.54 Å². The van der Waals surface area contributed by atoms with Crippen LogP contribution in [0.3, 0.4) is 0 Å². The molecule has 2 fully saturated rings. The van der Waals surface area contributed by atoms with E-state index in [1.807, 2.05) is 12.5 Å². The lowest BCUT2D eigenvalue weighted by atomic mass is 9.78. The molecule has 2 saturated carbocycles. The molecule has 6 heteroatoms. The highest BCUT2D eigenvalue weighted by Gasteiger charge is 2.32. The summed E-state index contributed by atoms with van der Waals surface area (Å²) in [6.45, 7) is 1.72. The third-order valence-corrected chi connectivity index (χ3v) is 4.53. The first kappa shape index (κ1) is 13.7. The van der Waals surface area contributed by atoms with Gasteiger partial charge in [-0.1, -0.05) is 0 Å². The number of hydrogen-bond donors (Lipinski definition) is 2. The fraction of sp³-hybridized carbons (Fsp3) is 0.562. The monoisotopic (exact) mass is 298 g/mol. The van der Waals surface area contributed by atoms with Gasteiger partial charge in [-0.25, -0.2) is 15.0 Å². The quantitative estimate of drug-likeness (QED) is 0.851. The van der Waals surface area contributed by atoms with Crippen LogP contribution in [0, 0.1) is 0 Å². The van der Waals surface area contributed by atoms with Gasteiger partial charge in [0.2, 0.25) is 0 Å². The normalized spacial score (nSPS) is 24.0. The van der Waals surface area contributed by atoms with Crippen LogP contribution in [0.1, 0.15) is 49.0 Å². The first-order valence-corrected chi connectivity index (χ1v) is 8.12. The minimum Gasteiger partial charge on any atom is -0.368 e. The van der Waals surface area contributed by atoms with Crippen molar-refractivity contribution in [3.05, 3.63) is 36.3 Å². The van der Waals surface area contributed by atoms with E-state index in [-0.39, 0.29) is 0 Å². The maximum atomic E-state index is 5.92. The maximum absolute atomic E-state index is 5.92. The number of anilines is 1. The van der Waals surface area contributed by atoms with Crippen LogP contribution in [0.5, 0.6) is 0 Å². The molecule has 2 aliphatic rings. The highest BCUT2D eigenvalue weighted by atomic mass is 15.1. The lowest BCUT2D eigenvalue weighted by Gasteiger charge is -2.32. The van der Waals surface area contributed by atoms with Gasteiger partial charge in [-0.3, -0.25) is 0 Å². The summed E-state index contributed by atoms with van der Waals surface area (Å²) in [5.74, 6) is 3.06. The van der Waals surface area contributed by atoms with E-state index in [9.17, 15) is 0 Å². The minimum atomic E-state index is 0.349. The lowest BCUT2D eigenvalue weighted by molar-refractivity contribution is 0.344. The summed E-state index contributed by atoms with van der Waals surface area (Å²) < 4.78 is 2.06. The Kier molecular flexibility index (Phi) is 3.54. The maximum Gasteiger partial charge on any atom is 0.134 e. The topological polar surface area (TPSA) is 81.6 Å². The highest BCUT2D eigenvalue weighted by molar-refractivity contribution is 5.38. The van der Waals surface area contributed by atoms with Crippen LogP contribution in [-0.4, -0.2) is 32.1 Å². The van der Waals surface area contributed by atoms with Gasteiger partial charge in [-0.05, 0) is 25.7 Å². The molecule has 0 radical (unpaired) electrons. The standard InChI is InChI=1S/C16H22N6/c17-13-7-12(8-13)14-9-15(21-16(20-14)11-1-2-11)19-4-6-22-5-3-18-10-22/h3,5,9-13H,1-2,4,6-8,17H2,(H,19,20,21). The summed E-state index contributed by atoms with van der Waals surface area (Å²) in [5, 5.41) is 3.43. The summed E-state index contributed by atoms with van der Waals surface area (Å²) >= 11 is 0. The van der Waals surface area contributed by atoms with Gasteiger partial charge in [0.25, 0.3) is 0 Å². The first-order chi connectivity index (χ1) is 10.8. The van der Waals surface area contributed by atoms with Gasteiger partial charge >= 0.3 is 0 Å². The summed E-state index contributed by atoms with van der Waals surface area (Å²) in [7, 11) is 0. The molecule has 0 aromatic carbocycles. The van der Waals surface area contributed by atoms with Crippen molar-refractivity contribution in [1.29, 1.82) is 0 Å². The fourth-order valence-corrected chi connectivity index (χ4v) is 2.94. The van der Waals surface area contributed by atoms with Gasteiger partial charge in [0, 0.05) is 55.1 Å². The number of hydrogen-bond acceptors (Lipinski definition) is 5. The van der Waals surface area contributed by atoms with Gasteiger partial charge in [0.15, 0.2) is 0 Å². The molecule has 0 bridgehead atoms. The highest BCUT2D eigenvalue weighted by Crippen LogP contribution is 2.41. The van der Waals surface area contributed by atoms with E-state index >= 15 is 0 Å². The van der Waals surface area contributed by atoms with E-state index in [1.54, 1.807) is 6.20 Å². The summed E-state index contributed by atoms with van der Waals surface area (Å²) in [6, 6.07) is 2.46. The van der Waals surface area contributed by atoms with Gasteiger partial charge < -0.3 is 15.6 Å².